The van der Waals surface area contributed by atoms with Crippen LogP contribution in [0.25, 0.3) is 5.69 Å². The number of thiocarbonyl (C=S) groups is 1. The summed E-state index contributed by atoms with van der Waals surface area (Å²) in [5.74, 6) is 0.216. The molecule has 0 amide bonds. The van der Waals surface area contributed by atoms with Gasteiger partial charge in [-0.2, -0.15) is 0 Å². The smallest absolute Gasteiger partial charge is 0.170 e. The Balaban J connectivity index is 1.80. The van der Waals surface area contributed by atoms with Gasteiger partial charge < -0.3 is 14.8 Å². The number of nitrogens with zero attached hydrogens (tertiary/aromatic N) is 3. The fourth-order valence-corrected chi connectivity index (χ4v) is 4.10. The van der Waals surface area contributed by atoms with Crippen molar-refractivity contribution in [1.29, 1.82) is 0 Å². The van der Waals surface area contributed by atoms with E-state index in [1.807, 2.05) is 30.5 Å². The van der Waals surface area contributed by atoms with E-state index in [0.717, 1.165) is 28.7 Å². The summed E-state index contributed by atoms with van der Waals surface area (Å²) in [4.78, 5) is 6.82. The summed E-state index contributed by atoms with van der Waals surface area (Å²) in [5, 5.41) is 4.21. The van der Waals surface area contributed by atoms with Crippen LogP contribution in [0.4, 0.5) is 4.39 Å². The van der Waals surface area contributed by atoms with Crippen LogP contribution in [0.5, 0.6) is 0 Å². The third-order valence-corrected chi connectivity index (χ3v) is 5.30. The van der Waals surface area contributed by atoms with Crippen molar-refractivity contribution in [3.05, 3.63) is 84.2 Å². The normalized spacial score (nSPS) is 19.3. The van der Waals surface area contributed by atoms with E-state index < -0.39 is 0 Å². The molecule has 2 aromatic heterocycles. The lowest BCUT2D eigenvalue weighted by molar-refractivity contribution is 0.280. The van der Waals surface area contributed by atoms with Crippen molar-refractivity contribution in [2.24, 2.45) is 5.92 Å². The average molecular weight is 395 g/mol. The van der Waals surface area contributed by atoms with Gasteiger partial charge in [-0.05, 0) is 66.7 Å². The third kappa shape index (κ3) is 3.52. The molecule has 1 aliphatic heterocycles. The van der Waals surface area contributed by atoms with Gasteiger partial charge in [0.15, 0.2) is 5.11 Å². The van der Waals surface area contributed by atoms with Crippen LogP contribution in [0.3, 0.4) is 0 Å². The Bertz CT molecular complexity index is 952. The van der Waals surface area contributed by atoms with E-state index >= 15 is 0 Å². The largest absolute Gasteiger partial charge is 0.352 e. The molecular formula is C22H23FN4S. The van der Waals surface area contributed by atoms with E-state index in [4.69, 9.17) is 12.2 Å². The molecule has 144 valence electrons. The van der Waals surface area contributed by atoms with Crippen molar-refractivity contribution in [2.75, 3.05) is 6.54 Å². The highest BCUT2D eigenvalue weighted by atomic mass is 32.1. The van der Waals surface area contributed by atoms with Gasteiger partial charge in [0, 0.05) is 30.3 Å². The minimum absolute atomic E-state index is 0.00940. The van der Waals surface area contributed by atoms with Gasteiger partial charge in [-0.1, -0.05) is 19.9 Å². The molecule has 1 N–H and O–H groups in total. The van der Waals surface area contributed by atoms with Crippen LogP contribution >= 0.6 is 12.2 Å². The van der Waals surface area contributed by atoms with E-state index in [9.17, 15) is 4.39 Å². The lowest BCUT2D eigenvalue weighted by Crippen LogP contribution is -2.33. The summed E-state index contributed by atoms with van der Waals surface area (Å²) in [7, 11) is 0. The van der Waals surface area contributed by atoms with Gasteiger partial charge in [0.25, 0.3) is 0 Å². The SMILES string of the molecule is CC(C)CN1C(=S)N[C@@H](c2ccccn2)[C@H]1c1cccn1-c1ccc(F)cc1. The van der Waals surface area contributed by atoms with Gasteiger partial charge in [0.05, 0.1) is 17.8 Å². The zero-order valence-corrected chi connectivity index (χ0v) is 16.7. The summed E-state index contributed by atoms with van der Waals surface area (Å²) in [6.45, 7) is 5.22. The number of benzene rings is 1. The van der Waals surface area contributed by atoms with Crippen LogP contribution in [0.15, 0.2) is 67.0 Å². The number of aromatic nitrogens is 2. The first kappa shape index (κ1) is 18.6. The molecule has 1 fully saturated rings. The van der Waals surface area contributed by atoms with Crippen LogP contribution in [0.2, 0.25) is 0 Å². The van der Waals surface area contributed by atoms with E-state index in [0.29, 0.717) is 5.92 Å². The van der Waals surface area contributed by atoms with Crippen LogP contribution in [-0.4, -0.2) is 26.1 Å². The standard InChI is InChI=1S/C22H23FN4S/c1-15(2)14-27-21(20(25-22(27)28)18-6-3-4-12-24-18)19-7-5-13-26(19)17-10-8-16(23)9-11-17/h3-13,15,20-21H,14H2,1-2H3,(H,25,28)/t20-,21+/m0/s1. The number of nitrogens with one attached hydrogen (secondary N) is 1. The zero-order chi connectivity index (χ0) is 19.7. The lowest BCUT2D eigenvalue weighted by Gasteiger charge is -2.30. The van der Waals surface area contributed by atoms with Crippen molar-refractivity contribution in [3.63, 3.8) is 0 Å². The van der Waals surface area contributed by atoms with Crippen molar-refractivity contribution < 1.29 is 4.39 Å². The highest BCUT2D eigenvalue weighted by molar-refractivity contribution is 7.80. The number of halogens is 1. The summed E-state index contributed by atoms with van der Waals surface area (Å²) >= 11 is 5.69. The molecule has 4 rings (SSSR count). The number of rotatable bonds is 5. The molecule has 3 heterocycles. The second-order valence-corrected chi connectivity index (χ2v) is 7.84. The second kappa shape index (κ2) is 7.72. The maximum atomic E-state index is 13.4. The van der Waals surface area contributed by atoms with Crippen LogP contribution < -0.4 is 5.32 Å². The predicted octanol–water partition coefficient (Wildman–Crippen LogP) is 4.64. The first-order valence-electron chi connectivity index (χ1n) is 9.46. The molecule has 4 nitrogen and oxygen atoms in total. The van der Waals surface area contributed by atoms with E-state index in [1.165, 1.54) is 12.1 Å². The van der Waals surface area contributed by atoms with Gasteiger partial charge in [-0.3, -0.25) is 4.98 Å². The maximum absolute atomic E-state index is 13.4. The summed E-state index contributed by atoms with van der Waals surface area (Å²) in [5.41, 5.74) is 2.96. The minimum Gasteiger partial charge on any atom is -0.352 e. The molecule has 0 bridgehead atoms. The van der Waals surface area contributed by atoms with E-state index in [1.54, 1.807) is 18.3 Å². The van der Waals surface area contributed by atoms with Gasteiger partial charge >= 0.3 is 0 Å². The van der Waals surface area contributed by atoms with Crippen LogP contribution in [-0.2, 0) is 0 Å². The average Bonchev–Trinajstić information content (AvgIpc) is 3.28. The molecule has 1 aliphatic rings. The summed E-state index contributed by atoms with van der Waals surface area (Å²) < 4.78 is 15.5. The molecule has 1 saturated heterocycles. The molecule has 0 aliphatic carbocycles. The lowest BCUT2D eigenvalue weighted by atomic mass is 10.0. The molecule has 0 radical (unpaired) electrons. The first-order valence-corrected chi connectivity index (χ1v) is 9.86. The Morgan fingerprint density at radius 2 is 1.89 bits per heavy atom. The maximum Gasteiger partial charge on any atom is 0.170 e. The van der Waals surface area contributed by atoms with Crippen molar-refractivity contribution in [1.82, 2.24) is 19.8 Å². The molecule has 2 atom stereocenters. The second-order valence-electron chi connectivity index (χ2n) is 7.45. The van der Waals surface area contributed by atoms with Crippen molar-refractivity contribution in [2.45, 2.75) is 25.9 Å². The topological polar surface area (TPSA) is 33.1 Å². The molecule has 6 heteroatoms. The molecule has 0 unspecified atom stereocenters. The number of hydrogen-bond acceptors (Lipinski definition) is 2. The van der Waals surface area contributed by atoms with Crippen LogP contribution in [0.1, 0.15) is 37.3 Å². The van der Waals surface area contributed by atoms with Crippen molar-refractivity contribution in [3.8, 4) is 5.69 Å². The molecule has 3 aromatic rings. The highest BCUT2D eigenvalue weighted by Crippen LogP contribution is 2.39. The number of pyridine rings is 1. The van der Waals surface area contributed by atoms with Crippen molar-refractivity contribution >= 4 is 17.3 Å². The molecular weight excluding hydrogens is 371 g/mol. The van der Waals surface area contributed by atoms with E-state index in [-0.39, 0.29) is 17.9 Å². The highest BCUT2D eigenvalue weighted by Gasteiger charge is 2.41. The summed E-state index contributed by atoms with van der Waals surface area (Å²) in [6, 6.07) is 16.5. The zero-order valence-electron chi connectivity index (χ0n) is 15.9. The monoisotopic (exact) mass is 394 g/mol. The fourth-order valence-electron chi connectivity index (χ4n) is 3.79. The van der Waals surface area contributed by atoms with Gasteiger partial charge in [-0.25, -0.2) is 4.39 Å². The van der Waals surface area contributed by atoms with Gasteiger partial charge in [0.2, 0.25) is 0 Å². The minimum atomic E-state index is -0.242. The molecule has 1 aromatic carbocycles. The van der Waals surface area contributed by atoms with Gasteiger partial charge in [0.1, 0.15) is 5.82 Å². The molecule has 0 spiro atoms. The Morgan fingerprint density at radius 1 is 1.11 bits per heavy atom. The summed E-state index contributed by atoms with van der Waals surface area (Å²) in [6.07, 6.45) is 3.81. The number of hydrogen-bond donors (Lipinski definition) is 1. The third-order valence-electron chi connectivity index (χ3n) is 4.95. The van der Waals surface area contributed by atoms with Crippen LogP contribution in [0, 0.1) is 11.7 Å². The Kier molecular flexibility index (Phi) is 5.13. The van der Waals surface area contributed by atoms with E-state index in [2.05, 4.69) is 39.7 Å². The predicted molar refractivity (Wildman–Crippen MR) is 113 cm³/mol. The molecule has 28 heavy (non-hydrogen) atoms. The Labute approximate surface area is 170 Å². The fraction of sp³-hybridized carbons (Fsp3) is 0.273. The van der Waals surface area contributed by atoms with Gasteiger partial charge in [-0.15, -0.1) is 0 Å². The quantitative estimate of drug-likeness (QED) is 0.639. The Hall–Kier alpha value is -2.73. The first-order chi connectivity index (χ1) is 13.5. The molecule has 0 saturated carbocycles. The Morgan fingerprint density at radius 3 is 2.57 bits per heavy atom.